The SMILES string of the molecule is COc1ccc2c(c1)/C(=N\OC(=O)C13CC4CC(CC(C4)C1)C3)CCC2. The maximum Gasteiger partial charge on any atom is 0.341 e. The monoisotopic (exact) mass is 353 g/mol. The summed E-state index contributed by atoms with van der Waals surface area (Å²) in [6, 6.07) is 6.11. The Morgan fingerprint density at radius 3 is 2.42 bits per heavy atom. The Labute approximate surface area is 154 Å². The van der Waals surface area contributed by atoms with Gasteiger partial charge in [0.05, 0.1) is 18.2 Å². The summed E-state index contributed by atoms with van der Waals surface area (Å²) in [6.45, 7) is 0. The van der Waals surface area contributed by atoms with Crippen LogP contribution in [0, 0.1) is 23.2 Å². The van der Waals surface area contributed by atoms with Gasteiger partial charge < -0.3 is 9.57 Å². The van der Waals surface area contributed by atoms with Gasteiger partial charge in [-0.15, -0.1) is 0 Å². The van der Waals surface area contributed by atoms with Crippen molar-refractivity contribution in [3.8, 4) is 5.75 Å². The predicted octanol–water partition coefficient (Wildman–Crippen LogP) is 4.50. The van der Waals surface area contributed by atoms with Gasteiger partial charge in [-0.3, -0.25) is 0 Å². The van der Waals surface area contributed by atoms with E-state index in [0.717, 1.165) is 73.3 Å². The van der Waals surface area contributed by atoms with Crippen molar-refractivity contribution in [3.05, 3.63) is 29.3 Å². The van der Waals surface area contributed by atoms with Gasteiger partial charge in [-0.1, -0.05) is 11.2 Å². The van der Waals surface area contributed by atoms with Crippen molar-refractivity contribution in [3.63, 3.8) is 0 Å². The van der Waals surface area contributed by atoms with Crippen LogP contribution in [0.15, 0.2) is 23.4 Å². The summed E-state index contributed by atoms with van der Waals surface area (Å²) >= 11 is 0. The van der Waals surface area contributed by atoms with Crippen LogP contribution in [0.1, 0.15) is 62.5 Å². The molecule has 5 aliphatic carbocycles. The lowest BCUT2D eigenvalue weighted by Crippen LogP contribution is -2.50. The molecule has 0 heterocycles. The molecule has 1 aromatic carbocycles. The average Bonchev–Trinajstić information content (AvgIpc) is 2.64. The molecule has 4 nitrogen and oxygen atoms in total. The summed E-state index contributed by atoms with van der Waals surface area (Å²) in [5.74, 6) is 2.97. The van der Waals surface area contributed by atoms with Crippen LogP contribution in [0.25, 0.3) is 0 Å². The van der Waals surface area contributed by atoms with E-state index in [1.165, 1.54) is 24.8 Å². The van der Waals surface area contributed by atoms with Crippen molar-refractivity contribution in [1.29, 1.82) is 0 Å². The van der Waals surface area contributed by atoms with E-state index in [1.54, 1.807) is 7.11 Å². The fraction of sp³-hybridized carbons (Fsp3) is 0.636. The highest BCUT2D eigenvalue weighted by molar-refractivity contribution is 6.03. The van der Waals surface area contributed by atoms with Gasteiger partial charge in [-0.05, 0) is 93.2 Å². The van der Waals surface area contributed by atoms with E-state index in [4.69, 9.17) is 9.57 Å². The number of fused-ring (bicyclic) bond motifs is 1. The molecule has 0 saturated heterocycles. The molecule has 0 unspecified atom stereocenters. The zero-order chi connectivity index (χ0) is 17.7. The van der Waals surface area contributed by atoms with E-state index in [1.807, 2.05) is 12.1 Å². The van der Waals surface area contributed by atoms with E-state index in [-0.39, 0.29) is 11.4 Å². The average molecular weight is 353 g/mol. The summed E-state index contributed by atoms with van der Waals surface area (Å²) in [7, 11) is 1.68. The molecular weight excluding hydrogens is 326 g/mol. The molecular formula is C22H27NO3. The number of benzene rings is 1. The molecule has 0 N–H and O–H groups in total. The Morgan fingerprint density at radius 2 is 1.77 bits per heavy atom. The van der Waals surface area contributed by atoms with Gasteiger partial charge in [0.2, 0.25) is 0 Å². The minimum absolute atomic E-state index is 0.0703. The van der Waals surface area contributed by atoms with Crippen LogP contribution >= 0.6 is 0 Å². The fourth-order valence-corrected chi connectivity index (χ4v) is 6.40. The van der Waals surface area contributed by atoms with Gasteiger partial charge in [-0.2, -0.15) is 0 Å². The Balaban J connectivity index is 1.37. The zero-order valence-corrected chi connectivity index (χ0v) is 15.5. The normalized spacial score (nSPS) is 36.0. The van der Waals surface area contributed by atoms with E-state index in [0.29, 0.717) is 0 Å². The molecule has 0 spiro atoms. The van der Waals surface area contributed by atoms with E-state index in [9.17, 15) is 4.79 Å². The molecule has 4 saturated carbocycles. The number of hydrogen-bond acceptors (Lipinski definition) is 4. The number of ether oxygens (including phenoxy) is 1. The first-order valence-corrected chi connectivity index (χ1v) is 10.1. The van der Waals surface area contributed by atoms with E-state index >= 15 is 0 Å². The van der Waals surface area contributed by atoms with Gasteiger partial charge in [0.1, 0.15) is 5.75 Å². The third-order valence-electron chi connectivity index (χ3n) is 7.20. The summed E-state index contributed by atoms with van der Waals surface area (Å²) in [5, 5.41) is 4.37. The maximum absolute atomic E-state index is 13.0. The highest BCUT2D eigenvalue weighted by Gasteiger charge is 2.55. The summed E-state index contributed by atoms with van der Waals surface area (Å²) < 4.78 is 5.36. The number of oxime groups is 1. The second kappa shape index (κ2) is 6.11. The summed E-state index contributed by atoms with van der Waals surface area (Å²) in [4.78, 5) is 18.6. The molecule has 138 valence electrons. The topological polar surface area (TPSA) is 47.9 Å². The Morgan fingerprint density at radius 1 is 1.08 bits per heavy atom. The quantitative estimate of drug-likeness (QED) is 0.594. The van der Waals surface area contributed by atoms with Crippen molar-refractivity contribution < 1.29 is 14.4 Å². The first-order chi connectivity index (χ1) is 12.6. The number of carbonyl (C=O) groups excluding carboxylic acids is 1. The number of hydrogen-bond donors (Lipinski definition) is 0. The third kappa shape index (κ3) is 2.65. The lowest BCUT2D eigenvalue weighted by Gasteiger charge is -2.54. The molecule has 4 fully saturated rings. The van der Waals surface area contributed by atoms with E-state index in [2.05, 4.69) is 11.2 Å². The number of nitrogens with zero attached hydrogens (tertiary/aromatic N) is 1. The highest BCUT2D eigenvalue weighted by atomic mass is 16.7. The molecule has 4 heteroatoms. The van der Waals surface area contributed by atoms with Crippen molar-refractivity contribution in [2.75, 3.05) is 7.11 Å². The smallest absolute Gasteiger partial charge is 0.341 e. The summed E-state index contributed by atoms with van der Waals surface area (Å²) in [6.07, 6.45) is 9.99. The minimum Gasteiger partial charge on any atom is -0.497 e. The molecule has 0 atom stereocenters. The third-order valence-corrected chi connectivity index (χ3v) is 7.20. The molecule has 0 aromatic heterocycles. The molecule has 6 rings (SSSR count). The van der Waals surface area contributed by atoms with Crippen molar-refractivity contribution >= 4 is 11.7 Å². The van der Waals surface area contributed by atoms with Crippen molar-refractivity contribution in [1.82, 2.24) is 0 Å². The fourth-order valence-electron chi connectivity index (χ4n) is 6.40. The van der Waals surface area contributed by atoms with Gasteiger partial charge in [0, 0.05) is 5.56 Å². The standard InChI is InChI=1S/C22H27NO3/c1-25-18-6-5-17-3-2-4-20(19(17)10-18)23-26-21(24)22-11-14-7-15(12-22)9-16(8-14)13-22/h5-6,10,14-16H,2-4,7-9,11-13H2,1H3/b23-20-. The number of methoxy groups -OCH3 is 1. The van der Waals surface area contributed by atoms with Gasteiger partial charge >= 0.3 is 5.97 Å². The number of carbonyl (C=O) groups is 1. The second-order valence-corrected chi connectivity index (χ2v) is 8.99. The Bertz CT molecular complexity index is 731. The van der Waals surface area contributed by atoms with Crippen LogP contribution in [0.4, 0.5) is 0 Å². The first-order valence-electron chi connectivity index (χ1n) is 10.1. The predicted molar refractivity (Wildman–Crippen MR) is 99.2 cm³/mol. The first kappa shape index (κ1) is 16.3. The van der Waals surface area contributed by atoms with E-state index < -0.39 is 0 Å². The molecule has 0 aliphatic heterocycles. The molecule has 1 aromatic rings. The van der Waals surface area contributed by atoms with Crippen LogP contribution in [0.3, 0.4) is 0 Å². The second-order valence-electron chi connectivity index (χ2n) is 8.99. The van der Waals surface area contributed by atoms with Crippen LogP contribution in [-0.2, 0) is 16.1 Å². The van der Waals surface area contributed by atoms with Crippen molar-refractivity contribution in [2.45, 2.75) is 57.8 Å². The van der Waals surface area contributed by atoms with Crippen molar-refractivity contribution in [2.24, 2.45) is 28.3 Å². The Hall–Kier alpha value is -1.84. The maximum atomic E-state index is 13.0. The molecule has 26 heavy (non-hydrogen) atoms. The largest absolute Gasteiger partial charge is 0.497 e. The number of aryl methyl sites for hydroxylation is 1. The minimum atomic E-state index is -0.245. The van der Waals surface area contributed by atoms with Gasteiger partial charge in [0.15, 0.2) is 0 Å². The van der Waals surface area contributed by atoms with Gasteiger partial charge in [-0.25, -0.2) is 4.79 Å². The van der Waals surface area contributed by atoms with Crippen LogP contribution in [0.2, 0.25) is 0 Å². The Kier molecular flexibility index (Phi) is 3.84. The molecule has 5 aliphatic rings. The number of rotatable bonds is 3. The van der Waals surface area contributed by atoms with Gasteiger partial charge in [0.25, 0.3) is 0 Å². The molecule has 0 radical (unpaired) electrons. The molecule has 4 bridgehead atoms. The van der Waals surface area contributed by atoms with Crippen LogP contribution in [0.5, 0.6) is 5.75 Å². The lowest BCUT2D eigenvalue weighted by molar-refractivity contribution is -0.171. The zero-order valence-electron chi connectivity index (χ0n) is 15.5. The summed E-state index contributed by atoms with van der Waals surface area (Å²) in [5.41, 5.74) is 2.99. The van der Waals surface area contributed by atoms with Crippen LogP contribution < -0.4 is 4.74 Å². The lowest BCUT2D eigenvalue weighted by atomic mass is 9.49. The van der Waals surface area contributed by atoms with Crippen LogP contribution in [-0.4, -0.2) is 18.8 Å². The highest BCUT2D eigenvalue weighted by Crippen LogP contribution is 2.60. The molecule has 0 amide bonds.